The van der Waals surface area contributed by atoms with Gasteiger partial charge in [0.1, 0.15) is 19.3 Å². The largest absolute Gasteiger partial charge is 0.472 e. The second kappa shape index (κ2) is 63.5. The monoisotopic (exact) mass is 1370 g/mol. The van der Waals surface area contributed by atoms with Crippen molar-refractivity contribution in [2.75, 3.05) is 39.6 Å². The summed E-state index contributed by atoms with van der Waals surface area (Å²) in [5.74, 6) is 0.892. The highest BCUT2D eigenvalue weighted by Gasteiger charge is 2.30. The van der Waals surface area contributed by atoms with Crippen LogP contribution in [0.4, 0.5) is 0 Å². The van der Waals surface area contributed by atoms with Gasteiger partial charge in [-0.3, -0.25) is 37.3 Å². The van der Waals surface area contributed by atoms with E-state index in [4.69, 9.17) is 37.0 Å². The van der Waals surface area contributed by atoms with E-state index in [-0.39, 0.29) is 25.7 Å². The maximum atomic E-state index is 13.1. The molecule has 0 aromatic carbocycles. The van der Waals surface area contributed by atoms with Crippen molar-refractivity contribution in [1.82, 2.24) is 0 Å². The third-order valence-electron chi connectivity index (χ3n) is 17.1. The summed E-state index contributed by atoms with van der Waals surface area (Å²) in [4.78, 5) is 72.7. The molecule has 0 aromatic heterocycles. The average Bonchev–Trinajstić information content (AvgIpc) is 3.63. The van der Waals surface area contributed by atoms with Crippen LogP contribution in [0.25, 0.3) is 0 Å². The number of unbranched alkanes of at least 4 members (excludes halogenated alkanes) is 37. The van der Waals surface area contributed by atoms with Crippen molar-refractivity contribution < 1.29 is 80.2 Å². The summed E-state index contributed by atoms with van der Waals surface area (Å²) < 4.78 is 68.5. The molecule has 3 N–H and O–H groups in total. The molecule has 0 rings (SSSR count). The van der Waals surface area contributed by atoms with Gasteiger partial charge in [0.15, 0.2) is 12.2 Å². The van der Waals surface area contributed by atoms with Gasteiger partial charge in [-0.15, -0.1) is 0 Å². The lowest BCUT2D eigenvalue weighted by Crippen LogP contribution is -2.30. The Kier molecular flexibility index (Phi) is 62.2. The number of aliphatic hydroxyl groups excluding tert-OH is 1. The predicted octanol–water partition coefficient (Wildman–Crippen LogP) is 21.3. The van der Waals surface area contributed by atoms with Gasteiger partial charge in [-0.2, -0.15) is 0 Å². The zero-order chi connectivity index (χ0) is 68.9. The quantitative estimate of drug-likeness (QED) is 0.0222. The fourth-order valence-electron chi connectivity index (χ4n) is 11.2. The molecular formula is C74H144O17P2. The second-order valence-electron chi connectivity index (χ2n) is 28.6. The molecule has 0 saturated carbocycles. The van der Waals surface area contributed by atoms with E-state index in [9.17, 15) is 43.2 Å². The highest BCUT2D eigenvalue weighted by atomic mass is 31.2. The van der Waals surface area contributed by atoms with Crippen molar-refractivity contribution in [3.63, 3.8) is 0 Å². The van der Waals surface area contributed by atoms with Crippen molar-refractivity contribution in [1.29, 1.82) is 0 Å². The van der Waals surface area contributed by atoms with E-state index in [1.54, 1.807) is 0 Å². The minimum atomic E-state index is -4.96. The van der Waals surface area contributed by atoms with Crippen LogP contribution in [0.5, 0.6) is 0 Å². The number of ether oxygens (including phenoxy) is 4. The first-order chi connectivity index (χ1) is 44.6. The summed E-state index contributed by atoms with van der Waals surface area (Å²) in [6, 6.07) is 0. The van der Waals surface area contributed by atoms with Crippen molar-refractivity contribution in [2.45, 2.75) is 388 Å². The van der Waals surface area contributed by atoms with Gasteiger partial charge in [0.05, 0.1) is 26.4 Å². The molecule has 93 heavy (non-hydrogen) atoms. The SMILES string of the molecule is CC(C)CCCCCCCCCCCCCCCC(=O)O[C@H](COC(=O)CCCCCCCCCC(C)C)COP(=O)(O)OCC(O)COP(=O)(O)OC[C@@H](COC(=O)CCCCCCCCCCCCC(C)C)OC(=O)CCCCCCCCCCCCCC(C)C. The van der Waals surface area contributed by atoms with E-state index >= 15 is 0 Å². The highest BCUT2D eigenvalue weighted by Crippen LogP contribution is 2.45. The number of hydrogen-bond donors (Lipinski definition) is 3. The van der Waals surface area contributed by atoms with E-state index in [2.05, 4.69) is 55.4 Å². The summed E-state index contributed by atoms with van der Waals surface area (Å²) >= 11 is 0. The first-order valence-electron chi connectivity index (χ1n) is 38.2. The minimum absolute atomic E-state index is 0.106. The number of carbonyl (C=O) groups is 4. The molecule has 0 aliphatic carbocycles. The van der Waals surface area contributed by atoms with Gasteiger partial charge < -0.3 is 33.8 Å². The van der Waals surface area contributed by atoms with E-state index in [1.165, 1.54) is 167 Å². The van der Waals surface area contributed by atoms with Crippen LogP contribution in [0.2, 0.25) is 0 Å². The van der Waals surface area contributed by atoms with Gasteiger partial charge >= 0.3 is 39.5 Å². The van der Waals surface area contributed by atoms with Crippen LogP contribution in [-0.2, 0) is 65.4 Å². The number of phosphoric acid groups is 2. The molecular weight excluding hydrogens is 1220 g/mol. The average molecular weight is 1370 g/mol. The molecule has 0 saturated heterocycles. The first-order valence-corrected chi connectivity index (χ1v) is 41.2. The standard InChI is InChI=1S/C74H144O17P2/c1-64(2)50-42-34-26-19-13-10-9-11-15-23-31-40-48-56-73(78)91-70(61-85-72(77)55-47-39-33-25-29-37-45-53-67(7)8)63-89-93(82,83)87-59-68(75)58-86-92(80,81)88-62-69(60-84-71(76)54-46-38-30-22-18-17-21-28-36-44-52-66(5)6)90-74(79)57-49-41-32-24-16-12-14-20-27-35-43-51-65(3)4/h64-70,75H,9-63H2,1-8H3,(H,80,81)(H,82,83)/t68?,69-,70-/m1/s1. The fraction of sp³-hybridized carbons (Fsp3) is 0.946. The molecule has 0 amide bonds. The Hall–Kier alpha value is -1.94. The highest BCUT2D eigenvalue weighted by molar-refractivity contribution is 7.47. The zero-order valence-corrected chi connectivity index (χ0v) is 62.7. The van der Waals surface area contributed by atoms with E-state index in [1.807, 2.05) is 0 Å². The number of aliphatic hydroxyl groups is 1. The van der Waals surface area contributed by atoms with Crippen LogP contribution in [-0.4, -0.2) is 96.7 Å². The molecule has 552 valence electrons. The topological polar surface area (TPSA) is 237 Å². The Morgan fingerprint density at radius 3 is 0.667 bits per heavy atom. The Labute approximate surface area is 568 Å². The number of carbonyl (C=O) groups excluding carboxylic acids is 4. The van der Waals surface area contributed by atoms with Crippen molar-refractivity contribution in [2.24, 2.45) is 23.7 Å². The molecule has 0 aliphatic heterocycles. The van der Waals surface area contributed by atoms with Crippen LogP contribution in [0.1, 0.15) is 370 Å². The summed E-state index contributed by atoms with van der Waals surface area (Å²) in [5, 5.41) is 10.6. The van der Waals surface area contributed by atoms with Gasteiger partial charge in [0, 0.05) is 25.7 Å². The van der Waals surface area contributed by atoms with E-state index in [0.29, 0.717) is 31.6 Å². The lowest BCUT2D eigenvalue weighted by atomic mass is 10.0. The van der Waals surface area contributed by atoms with Gasteiger partial charge in [-0.25, -0.2) is 9.13 Å². The Morgan fingerprint density at radius 2 is 0.452 bits per heavy atom. The number of phosphoric ester groups is 2. The van der Waals surface area contributed by atoms with Gasteiger partial charge in [-0.05, 0) is 49.4 Å². The number of rotatable bonds is 71. The fourth-order valence-corrected chi connectivity index (χ4v) is 12.8. The lowest BCUT2D eigenvalue weighted by Gasteiger charge is -2.21. The van der Waals surface area contributed by atoms with Crippen molar-refractivity contribution >= 4 is 39.5 Å². The predicted molar refractivity (Wildman–Crippen MR) is 377 cm³/mol. The van der Waals surface area contributed by atoms with Crippen LogP contribution in [0.15, 0.2) is 0 Å². The minimum Gasteiger partial charge on any atom is -0.462 e. The van der Waals surface area contributed by atoms with Crippen LogP contribution >= 0.6 is 15.6 Å². The molecule has 0 bridgehead atoms. The first kappa shape index (κ1) is 91.1. The molecule has 0 aromatic rings. The molecule has 17 nitrogen and oxygen atoms in total. The van der Waals surface area contributed by atoms with Gasteiger partial charge in [0.2, 0.25) is 0 Å². The summed E-state index contributed by atoms with van der Waals surface area (Å²) in [5.41, 5.74) is 0. The van der Waals surface area contributed by atoms with Crippen LogP contribution in [0, 0.1) is 23.7 Å². The summed E-state index contributed by atoms with van der Waals surface area (Å²) in [7, 11) is -9.91. The molecule has 0 fully saturated rings. The second-order valence-corrected chi connectivity index (χ2v) is 31.5. The molecule has 3 unspecified atom stereocenters. The van der Waals surface area contributed by atoms with E-state index in [0.717, 1.165) is 114 Å². The van der Waals surface area contributed by atoms with Crippen molar-refractivity contribution in [3.8, 4) is 0 Å². The Morgan fingerprint density at radius 1 is 0.269 bits per heavy atom. The molecule has 0 spiro atoms. The van der Waals surface area contributed by atoms with Crippen molar-refractivity contribution in [3.05, 3.63) is 0 Å². The van der Waals surface area contributed by atoms with Gasteiger partial charge in [0.25, 0.3) is 0 Å². The molecule has 0 aliphatic rings. The Balaban J connectivity index is 5.25. The molecule has 0 heterocycles. The zero-order valence-electron chi connectivity index (χ0n) is 60.9. The Bertz CT molecular complexity index is 1830. The number of hydrogen-bond acceptors (Lipinski definition) is 15. The summed E-state index contributed by atoms with van der Waals surface area (Å²) in [6.45, 7) is 14.1. The van der Waals surface area contributed by atoms with E-state index < -0.39 is 97.5 Å². The smallest absolute Gasteiger partial charge is 0.462 e. The van der Waals surface area contributed by atoms with Gasteiger partial charge in [-0.1, -0.05) is 319 Å². The third kappa shape index (κ3) is 68.4. The maximum Gasteiger partial charge on any atom is 0.472 e. The maximum absolute atomic E-state index is 13.1. The molecule has 5 atom stereocenters. The lowest BCUT2D eigenvalue weighted by molar-refractivity contribution is -0.161. The third-order valence-corrected chi connectivity index (χ3v) is 19.0. The summed E-state index contributed by atoms with van der Waals surface area (Å²) in [6.07, 6.45) is 47.2. The molecule has 19 heteroatoms. The molecule has 0 radical (unpaired) electrons. The number of esters is 4. The van der Waals surface area contributed by atoms with Crippen LogP contribution < -0.4 is 0 Å². The normalized spacial score (nSPS) is 14.2. The van der Waals surface area contributed by atoms with Crippen LogP contribution in [0.3, 0.4) is 0 Å².